The molecule has 0 spiro atoms. The molecule has 1 aromatic heterocycles. The van der Waals surface area contributed by atoms with Crippen LogP contribution in [0.2, 0.25) is 0 Å². The van der Waals surface area contributed by atoms with Crippen LogP contribution in [0, 0.1) is 0 Å². The lowest BCUT2D eigenvalue weighted by Crippen LogP contribution is -2.07. The van der Waals surface area contributed by atoms with E-state index in [0.29, 0.717) is 0 Å². The molecule has 1 heterocycles. The topological polar surface area (TPSA) is 73.0 Å². The minimum atomic E-state index is -3.45. The third kappa shape index (κ3) is 2.50. The van der Waals surface area contributed by atoms with Crippen molar-refractivity contribution in [3.05, 3.63) is 23.9 Å². The maximum Gasteiger partial charge on any atom is 0.192 e. The summed E-state index contributed by atoms with van der Waals surface area (Å²) in [5.74, 6) is 0. The van der Waals surface area contributed by atoms with Crippen LogP contribution in [0.25, 0.3) is 0 Å². The first kappa shape index (κ1) is 6.50. The van der Waals surface area contributed by atoms with Gasteiger partial charge in [-0.05, 0) is 24.5 Å². The number of rotatable bonds is 2. The van der Waals surface area contributed by atoms with Crippen molar-refractivity contribution in [3.8, 4) is 0 Å². The first-order valence-electron chi connectivity index (χ1n) is 5.04. The molecule has 13 heavy (non-hydrogen) atoms. The van der Waals surface area contributed by atoms with E-state index < -0.39 is 22.7 Å². The molecule has 0 unspecified atom stereocenters. The van der Waals surface area contributed by atoms with E-state index in [1.807, 2.05) is 0 Å². The number of pyridine rings is 1. The van der Waals surface area contributed by atoms with Crippen LogP contribution in [0.5, 0.6) is 0 Å². The molecule has 5 heteroatoms. The summed E-state index contributed by atoms with van der Waals surface area (Å²) in [5, 5.41) is -0.176. The van der Waals surface area contributed by atoms with Crippen molar-refractivity contribution >= 4 is 9.84 Å². The van der Waals surface area contributed by atoms with E-state index in [0.717, 1.165) is 6.26 Å². The van der Waals surface area contributed by atoms with Gasteiger partial charge in [-0.25, -0.2) is 13.4 Å². The molecule has 0 bridgehead atoms. The summed E-state index contributed by atoms with van der Waals surface area (Å²) in [6.45, 7) is -2.36. The fraction of sp³-hybridized carbons (Fsp3) is 0.375. The predicted molar refractivity (Wildman–Crippen MR) is 49.9 cm³/mol. The van der Waals surface area contributed by atoms with Crippen molar-refractivity contribution in [1.82, 2.24) is 4.98 Å². The van der Waals surface area contributed by atoms with E-state index in [4.69, 9.17) is 9.85 Å². The Bertz CT molecular complexity index is 484. The SMILES string of the molecule is [2H]C([2H])([2H])[C@H](N)c1ccnc(S(C)(=O)=O)c1. The van der Waals surface area contributed by atoms with E-state index in [1.54, 1.807) is 0 Å². The Kier molecular flexibility index (Phi) is 1.72. The van der Waals surface area contributed by atoms with Crippen molar-refractivity contribution in [1.29, 1.82) is 0 Å². The average molecular weight is 203 g/mol. The monoisotopic (exact) mass is 203 g/mol. The number of sulfone groups is 1. The first-order chi connectivity index (χ1) is 7.12. The highest BCUT2D eigenvalue weighted by molar-refractivity contribution is 7.90. The van der Waals surface area contributed by atoms with E-state index in [1.165, 1.54) is 18.3 Å². The fourth-order valence-corrected chi connectivity index (χ4v) is 1.42. The minimum Gasteiger partial charge on any atom is -0.324 e. The highest BCUT2D eigenvalue weighted by Gasteiger charge is 2.10. The summed E-state index contributed by atoms with van der Waals surface area (Å²) in [6, 6.07) is 1.37. The van der Waals surface area contributed by atoms with Gasteiger partial charge in [0.15, 0.2) is 14.9 Å². The maximum absolute atomic E-state index is 11.2. The van der Waals surface area contributed by atoms with Crippen LogP contribution in [0.3, 0.4) is 0 Å². The van der Waals surface area contributed by atoms with Crippen molar-refractivity contribution in [2.75, 3.05) is 6.26 Å². The van der Waals surface area contributed by atoms with E-state index in [9.17, 15) is 8.42 Å². The highest BCUT2D eigenvalue weighted by Crippen LogP contribution is 2.12. The number of hydrogen-bond acceptors (Lipinski definition) is 4. The standard InChI is InChI=1S/C8H12N2O2S/c1-6(9)7-3-4-10-8(5-7)13(2,11)12/h3-6H,9H2,1-2H3/t6-/m0/s1/i1D3. The molecule has 0 radical (unpaired) electrons. The molecule has 0 saturated carbocycles. The molecule has 1 atom stereocenters. The Morgan fingerprint density at radius 2 is 2.38 bits per heavy atom. The summed E-state index contributed by atoms with van der Waals surface area (Å²) in [5.41, 5.74) is 5.73. The zero-order valence-electron chi connectivity index (χ0n) is 10.1. The smallest absolute Gasteiger partial charge is 0.192 e. The van der Waals surface area contributed by atoms with E-state index >= 15 is 0 Å². The van der Waals surface area contributed by atoms with E-state index in [2.05, 4.69) is 4.98 Å². The van der Waals surface area contributed by atoms with Crippen LogP contribution in [0.15, 0.2) is 23.4 Å². The van der Waals surface area contributed by atoms with Gasteiger partial charge < -0.3 is 5.73 Å². The molecule has 4 nitrogen and oxygen atoms in total. The van der Waals surface area contributed by atoms with Gasteiger partial charge in [0.2, 0.25) is 0 Å². The summed E-state index contributed by atoms with van der Waals surface area (Å²) < 4.78 is 43.8. The molecular formula is C8H12N2O2S. The lowest BCUT2D eigenvalue weighted by molar-refractivity contribution is 0.598. The second kappa shape index (κ2) is 3.43. The summed E-state index contributed by atoms with van der Waals surface area (Å²) in [7, 11) is -3.45. The summed E-state index contributed by atoms with van der Waals surface area (Å²) in [4.78, 5) is 3.65. The first-order valence-corrected chi connectivity index (χ1v) is 5.43. The molecule has 0 aromatic carbocycles. The van der Waals surface area contributed by atoms with Crippen molar-refractivity contribution in [3.63, 3.8) is 0 Å². The number of hydrogen-bond donors (Lipinski definition) is 1. The van der Waals surface area contributed by atoms with Crippen LogP contribution < -0.4 is 5.73 Å². The molecule has 1 aromatic rings. The normalized spacial score (nSPS) is 18.5. The molecule has 0 aliphatic rings. The number of nitrogens with zero attached hydrogens (tertiary/aromatic N) is 1. The van der Waals surface area contributed by atoms with Crippen LogP contribution in [0.1, 0.15) is 22.6 Å². The maximum atomic E-state index is 11.2. The Hall–Kier alpha value is -0.940. The number of nitrogens with two attached hydrogens (primary N) is 1. The summed E-state index contributed by atoms with van der Waals surface area (Å²) >= 11 is 0. The molecular weight excluding hydrogens is 188 g/mol. The zero-order valence-corrected chi connectivity index (χ0v) is 7.88. The molecule has 0 aliphatic carbocycles. The summed E-state index contributed by atoms with van der Waals surface area (Å²) in [6.07, 6.45) is 2.23. The Morgan fingerprint density at radius 1 is 1.69 bits per heavy atom. The van der Waals surface area contributed by atoms with Crippen LogP contribution in [0.4, 0.5) is 0 Å². The van der Waals surface area contributed by atoms with Gasteiger partial charge in [0.05, 0.1) is 0 Å². The Balaban J connectivity index is 3.19. The number of aromatic nitrogens is 1. The lowest BCUT2D eigenvalue weighted by Gasteiger charge is -2.05. The molecule has 0 aliphatic heterocycles. The minimum absolute atomic E-state index is 0.176. The van der Waals surface area contributed by atoms with Gasteiger partial charge in [0.25, 0.3) is 0 Å². The van der Waals surface area contributed by atoms with E-state index in [-0.39, 0.29) is 10.6 Å². The third-order valence-corrected chi connectivity index (χ3v) is 2.48. The molecule has 72 valence electrons. The van der Waals surface area contributed by atoms with Gasteiger partial charge in [-0.3, -0.25) is 0 Å². The molecule has 0 fully saturated rings. The van der Waals surface area contributed by atoms with Crippen molar-refractivity contribution in [2.45, 2.75) is 17.9 Å². The van der Waals surface area contributed by atoms with Gasteiger partial charge in [0.1, 0.15) is 0 Å². The molecule has 1 rings (SSSR count). The van der Waals surface area contributed by atoms with Gasteiger partial charge in [0, 0.05) is 22.6 Å². The second-order valence-electron chi connectivity index (χ2n) is 2.68. The van der Waals surface area contributed by atoms with Crippen LogP contribution in [-0.4, -0.2) is 19.7 Å². The van der Waals surface area contributed by atoms with Crippen molar-refractivity contribution < 1.29 is 12.5 Å². The second-order valence-corrected chi connectivity index (χ2v) is 4.64. The molecule has 2 N–H and O–H groups in total. The van der Waals surface area contributed by atoms with Crippen molar-refractivity contribution in [2.24, 2.45) is 5.73 Å². The molecule has 0 amide bonds. The highest BCUT2D eigenvalue weighted by atomic mass is 32.2. The van der Waals surface area contributed by atoms with Gasteiger partial charge >= 0.3 is 0 Å². The van der Waals surface area contributed by atoms with Gasteiger partial charge in [-0.15, -0.1) is 0 Å². The largest absolute Gasteiger partial charge is 0.324 e. The molecule has 0 saturated heterocycles. The van der Waals surface area contributed by atoms with Gasteiger partial charge in [-0.1, -0.05) is 0 Å². The predicted octanol–water partition coefficient (Wildman–Crippen LogP) is 0.505. The fourth-order valence-electron chi connectivity index (χ4n) is 0.821. The Morgan fingerprint density at radius 3 is 2.92 bits per heavy atom. The Labute approximate surface area is 81.9 Å². The quantitative estimate of drug-likeness (QED) is 0.760. The lowest BCUT2D eigenvalue weighted by atomic mass is 10.1. The van der Waals surface area contributed by atoms with Gasteiger partial charge in [-0.2, -0.15) is 0 Å². The third-order valence-electron chi connectivity index (χ3n) is 1.50. The van der Waals surface area contributed by atoms with Crippen LogP contribution in [-0.2, 0) is 9.84 Å². The average Bonchev–Trinajstić information content (AvgIpc) is 2.14. The zero-order chi connectivity index (χ0) is 12.6. The van der Waals surface area contributed by atoms with Crippen LogP contribution >= 0.6 is 0 Å².